The van der Waals surface area contributed by atoms with Gasteiger partial charge in [0, 0.05) is 17.5 Å². The highest BCUT2D eigenvalue weighted by Gasteiger charge is 2.31. The van der Waals surface area contributed by atoms with Crippen molar-refractivity contribution < 1.29 is 17.9 Å². The Morgan fingerprint density at radius 2 is 1.97 bits per heavy atom. The van der Waals surface area contributed by atoms with Crippen LogP contribution in [0.4, 0.5) is 13.2 Å². The van der Waals surface area contributed by atoms with Crippen LogP contribution in [0.5, 0.6) is 5.75 Å². The second kappa shape index (κ2) is 8.26. The summed E-state index contributed by atoms with van der Waals surface area (Å²) in [5, 5.41) is 13.0. The summed E-state index contributed by atoms with van der Waals surface area (Å²) >= 11 is 6.19. The molecule has 0 amide bonds. The minimum atomic E-state index is -4.70. The molecule has 5 rings (SSSR count). The fourth-order valence-electron chi connectivity index (χ4n) is 4.42. The van der Waals surface area contributed by atoms with Gasteiger partial charge < -0.3 is 10.1 Å². The Balaban J connectivity index is 1.41. The van der Waals surface area contributed by atoms with Crippen molar-refractivity contribution in [2.24, 2.45) is 0 Å². The predicted molar refractivity (Wildman–Crippen MR) is 115 cm³/mol. The third kappa shape index (κ3) is 4.25. The van der Waals surface area contributed by atoms with E-state index in [9.17, 15) is 13.2 Å². The van der Waals surface area contributed by atoms with Gasteiger partial charge in [0.05, 0.1) is 12.2 Å². The third-order valence-electron chi connectivity index (χ3n) is 5.85. The van der Waals surface area contributed by atoms with E-state index < -0.39 is 6.36 Å². The molecule has 0 spiro atoms. The van der Waals surface area contributed by atoms with Crippen LogP contribution < -0.4 is 10.1 Å². The highest BCUT2D eigenvalue weighted by atomic mass is 35.5. The van der Waals surface area contributed by atoms with Crippen molar-refractivity contribution in [3.63, 3.8) is 0 Å². The number of alkyl halides is 3. The summed E-state index contributed by atoms with van der Waals surface area (Å²) in [5.41, 5.74) is 3.87. The van der Waals surface area contributed by atoms with Gasteiger partial charge in [-0.2, -0.15) is 0 Å². The van der Waals surface area contributed by atoms with Gasteiger partial charge in [-0.1, -0.05) is 29.8 Å². The molecule has 2 aromatic carbocycles. The largest absolute Gasteiger partial charge is 0.573 e. The first kappa shape index (κ1) is 21.0. The average Bonchev–Trinajstić information content (AvgIpc) is 3.08. The van der Waals surface area contributed by atoms with Crippen LogP contribution in [0.15, 0.2) is 48.5 Å². The summed E-state index contributed by atoms with van der Waals surface area (Å²) in [7, 11) is 0. The summed E-state index contributed by atoms with van der Waals surface area (Å²) < 4.78 is 43.8. The van der Waals surface area contributed by atoms with Crippen LogP contribution in [-0.4, -0.2) is 21.1 Å². The fourth-order valence-corrected chi connectivity index (χ4v) is 4.61. The van der Waals surface area contributed by atoms with Crippen LogP contribution in [0, 0.1) is 0 Å². The van der Waals surface area contributed by atoms with Gasteiger partial charge in [-0.3, -0.25) is 4.57 Å². The van der Waals surface area contributed by atoms with Crippen molar-refractivity contribution in [2.75, 3.05) is 0 Å². The Labute approximate surface area is 187 Å². The zero-order valence-electron chi connectivity index (χ0n) is 17.0. The van der Waals surface area contributed by atoms with Crippen LogP contribution in [0.25, 0.3) is 11.3 Å². The second-order valence-electron chi connectivity index (χ2n) is 7.96. The molecule has 166 valence electrons. The van der Waals surface area contributed by atoms with Gasteiger partial charge >= 0.3 is 6.36 Å². The van der Waals surface area contributed by atoms with Gasteiger partial charge in [-0.05, 0) is 66.3 Å². The molecular weight excluding hydrogens is 441 g/mol. The SMILES string of the molecule is FC(F)(F)Oc1cccc(C2=CC[C@@H](c3nnc4n3-c3ccc(Cl)cc3CNC4)CC2)c1. The maximum Gasteiger partial charge on any atom is 0.573 e. The molecule has 1 aliphatic heterocycles. The van der Waals surface area contributed by atoms with Crippen LogP contribution in [0.2, 0.25) is 5.02 Å². The number of fused-ring (bicyclic) bond motifs is 3. The van der Waals surface area contributed by atoms with Crippen molar-refractivity contribution in [3.8, 4) is 11.4 Å². The van der Waals surface area contributed by atoms with E-state index in [1.165, 1.54) is 12.1 Å². The number of rotatable bonds is 3. The molecule has 5 nitrogen and oxygen atoms in total. The number of nitrogens with zero attached hydrogens (tertiary/aromatic N) is 3. The molecule has 1 atom stereocenters. The number of nitrogens with one attached hydrogen (secondary N) is 1. The maximum absolute atomic E-state index is 12.6. The molecule has 32 heavy (non-hydrogen) atoms. The van der Waals surface area contributed by atoms with Gasteiger partial charge in [0.1, 0.15) is 11.6 Å². The Morgan fingerprint density at radius 1 is 1.09 bits per heavy atom. The van der Waals surface area contributed by atoms with Crippen molar-refractivity contribution >= 4 is 17.2 Å². The molecule has 2 aliphatic rings. The van der Waals surface area contributed by atoms with Gasteiger partial charge in [0.25, 0.3) is 0 Å². The minimum Gasteiger partial charge on any atom is -0.406 e. The van der Waals surface area contributed by atoms with E-state index in [1.807, 2.05) is 24.3 Å². The standard InChI is InChI=1S/C23H20ClF3N4O/c24-18-8-9-20-17(10-18)12-28-13-21-29-30-22(31(20)21)15-6-4-14(5-7-15)16-2-1-3-19(11-16)32-23(25,26)27/h1-4,8-11,15,28H,5-7,12-13H2/t15-/m1/s1. The topological polar surface area (TPSA) is 52.0 Å². The number of ether oxygens (including phenoxy) is 1. The number of halogens is 4. The smallest absolute Gasteiger partial charge is 0.406 e. The number of benzene rings is 2. The Morgan fingerprint density at radius 3 is 2.75 bits per heavy atom. The summed E-state index contributed by atoms with van der Waals surface area (Å²) in [6.45, 7) is 1.31. The Kier molecular flexibility index (Phi) is 5.43. The van der Waals surface area contributed by atoms with Gasteiger partial charge in [-0.15, -0.1) is 23.4 Å². The summed E-state index contributed by atoms with van der Waals surface area (Å²) in [4.78, 5) is 0. The molecular formula is C23H20ClF3N4O. The monoisotopic (exact) mass is 460 g/mol. The fraction of sp³-hybridized carbons (Fsp3) is 0.304. The normalized spacial score (nSPS) is 18.4. The molecule has 1 aromatic heterocycles. The number of hydrogen-bond donors (Lipinski definition) is 1. The van der Waals surface area contributed by atoms with Crippen LogP contribution in [0.1, 0.15) is 48.0 Å². The molecule has 0 radical (unpaired) electrons. The van der Waals surface area contributed by atoms with Crippen molar-refractivity contribution in [3.05, 3.63) is 76.3 Å². The van der Waals surface area contributed by atoms with Crippen LogP contribution in [-0.2, 0) is 13.1 Å². The molecule has 0 saturated carbocycles. The van der Waals surface area contributed by atoms with E-state index in [1.54, 1.807) is 6.07 Å². The first-order chi connectivity index (χ1) is 15.4. The lowest BCUT2D eigenvalue weighted by Gasteiger charge is -2.23. The highest BCUT2D eigenvalue weighted by molar-refractivity contribution is 6.30. The lowest BCUT2D eigenvalue weighted by molar-refractivity contribution is -0.274. The number of hydrogen-bond acceptors (Lipinski definition) is 4. The third-order valence-corrected chi connectivity index (χ3v) is 6.09. The molecule has 1 aliphatic carbocycles. The summed E-state index contributed by atoms with van der Waals surface area (Å²) in [6.07, 6.45) is -0.335. The lowest BCUT2D eigenvalue weighted by atomic mass is 9.86. The molecule has 0 fully saturated rings. The quantitative estimate of drug-likeness (QED) is 0.539. The van der Waals surface area contributed by atoms with Gasteiger partial charge in [0.2, 0.25) is 0 Å². The van der Waals surface area contributed by atoms with Crippen LogP contribution in [0.3, 0.4) is 0 Å². The Bertz CT molecular complexity index is 1190. The van der Waals surface area contributed by atoms with E-state index in [2.05, 4.69) is 30.9 Å². The molecule has 1 N–H and O–H groups in total. The molecule has 3 aromatic rings. The second-order valence-corrected chi connectivity index (χ2v) is 8.40. The van der Waals surface area contributed by atoms with Crippen LogP contribution >= 0.6 is 11.6 Å². The first-order valence-electron chi connectivity index (χ1n) is 10.4. The number of aromatic nitrogens is 3. The maximum atomic E-state index is 12.6. The van der Waals surface area contributed by atoms with Gasteiger partial charge in [-0.25, -0.2) is 0 Å². The van der Waals surface area contributed by atoms with Crippen molar-refractivity contribution in [1.82, 2.24) is 20.1 Å². The lowest BCUT2D eigenvalue weighted by Crippen LogP contribution is -2.17. The Hall–Kier alpha value is -2.84. The van der Waals surface area contributed by atoms with E-state index in [0.717, 1.165) is 53.3 Å². The zero-order chi connectivity index (χ0) is 22.3. The summed E-state index contributed by atoms with van der Waals surface area (Å²) in [6, 6.07) is 12.0. The molecule has 0 bridgehead atoms. The van der Waals surface area contributed by atoms with E-state index in [4.69, 9.17) is 11.6 Å². The van der Waals surface area contributed by atoms with Crippen molar-refractivity contribution in [2.45, 2.75) is 44.6 Å². The molecule has 9 heteroatoms. The molecule has 2 heterocycles. The van der Waals surface area contributed by atoms with E-state index in [0.29, 0.717) is 18.1 Å². The minimum absolute atomic E-state index is 0.163. The van der Waals surface area contributed by atoms with Crippen molar-refractivity contribution in [1.29, 1.82) is 0 Å². The summed E-state index contributed by atoms with van der Waals surface area (Å²) in [5.74, 6) is 1.71. The molecule has 0 saturated heterocycles. The first-order valence-corrected chi connectivity index (χ1v) is 10.7. The number of allylic oxidation sites excluding steroid dienone is 2. The zero-order valence-corrected chi connectivity index (χ0v) is 17.7. The van der Waals surface area contributed by atoms with E-state index in [-0.39, 0.29) is 11.7 Å². The highest BCUT2D eigenvalue weighted by Crippen LogP contribution is 2.38. The van der Waals surface area contributed by atoms with E-state index >= 15 is 0 Å². The average molecular weight is 461 g/mol. The molecule has 0 unspecified atom stereocenters. The predicted octanol–water partition coefficient (Wildman–Crippen LogP) is 5.77. The van der Waals surface area contributed by atoms with Gasteiger partial charge in [0.15, 0.2) is 5.82 Å².